The summed E-state index contributed by atoms with van der Waals surface area (Å²) in [6.45, 7) is 2.28. The summed E-state index contributed by atoms with van der Waals surface area (Å²) in [7, 11) is 1.34. The highest BCUT2D eigenvalue weighted by Gasteiger charge is 2.10. The molecule has 0 amide bonds. The minimum absolute atomic E-state index is 0.0405. The highest BCUT2D eigenvalue weighted by atomic mass is 16.5. The van der Waals surface area contributed by atoms with E-state index in [0.717, 1.165) is 28.5 Å². The highest BCUT2D eigenvalue weighted by molar-refractivity contribution is 5.87. The monoisotopic (exact) mass is 299 g/mol. The lowest BCUT2D eigenvalue weighted by molar-refractivity contribution is -0.134. The van der Waals surface area contributed by atoms with Crippen molar-refractivity contribution in [2.45, 2.75) is 19.4 Å². The van der Waals surface area contributed by atoms with Gasteiger partial charge in [-0.2, -0.15) is 0 Å². The van der Waals surface area contributed by atoms with E-state index in [1.807, 2.05) is 31.2 Å². The zero-order chi connectivity index (χ0) is 15.9. The summed E-state index contributed by atoms with van der Waals surface area (Å²) in [5.41, 5.74) is 7.06. The average Bonchev–Trinajstić information content (AvgIpc) is 2.52. The maximum atomic E-state index is 11.0. The number of nitrogens with two attached hydrogens (primary N) is 1. The Labute approximate surface area is 130 Å². The third-order valence-electron chi connectivity index (χ3n) is 3.31. The first-order valence-electron chi connectivity index (χ1n) is 7.25. The minimum Gasteiger partial charge on any atom is -0.489 e. The van der Waals surface area contributed by atoms with Gasteiger partial charge in [-0.25, -0.2) is 4.79 Å². The van der Waals surface area contributed by atoms with Gasteiger partial charge in [0.05, 0.1) is 7.11 Å². The standard InChI is InChI=1S/C18H21NO3/c1-13(19)12-16-15-7-4-3-6-14(15)9-10-17(16)22-11-5-8-18(20)21-2/h3-10,13H,11-12,19H2,1-2H3/b8-5+. The van der Waals surface area contributed by atoms with E-state index in [4.69, 9.17) is 10.5 Å². The summed E-state index contributed by atoms with van der Waals surface area (Å²) in [5.74, 6) is 0.406. The molecule has 1 atom stereocenters. The molecule has 1 unspecified atom stereocenters. The summed E-state index contributed by atoms with van der Waals surface area (Å²) in [5, 5.41) is 2.31. The van der Waals surface area contributed by atoms with Crippen molar-refractivity contribution >= 4 is 16.7 Å². The van der Waals surface area contributed by atoms with Crippen LogP contribution in [0, 0.1) is 0 Å². The Hall–Kier alpha value is -2.33. The van der Waals surface area contributed by atoms with Gasteiger partial charge in [-0.05, 0) is 36.3 Å². The van der Waals surface area contributed by atoms with Crippen molar-refractivity contribution in [3.63, 3.8) is 0 Å². The molecule has 2 N–H and O–H groups in total. The van der Waals surface area contributed by atoms with Crippen LogP contribution >= 0.6 is 0 Å². The zero-order valence-corrected chi connectivity index (χ0v) is 12.9. The van der Waals surface area contributed by atoms with Gasteiger partial charge >= 0.3 is 5.97 Å². The van der Waals surface area contributed by atoms with Crippen LogP contribution in [0.4, 0.5) is 0 Å². The average molecular weight is 299 g/mol. The second-order valence-electron chi connectivity index (χ2n) is 5.18. The second kappa shape index (κ2) is 7.61. The first-order valence-corrected chi connectivity index (χ1v) is 7.25. The molecule has 0 fully saturated rings. The maximum Gasteiger partial charge on any atom is 0.330 e. The van der Waals surface area contributed by atoms with Crippen LogP contribution in [0.25, 0.3) is 10.8 Å². The first-order chi connectivity index (χ1) is 10.6. The second-order valence-corrected chi connectivity index (χ2v) is 5.18. The molecule has 0 radical (unpaired) electrons. The van der Waals surface area contributed by atoms with E-state index in [2.05, 4.69) is 16.9 Å². The van der Waals surface area contributed by atoms with Crippen molar-refractivity contribution in [3.05, 3.63) is 54.1 Å². The minimum atomic E-state index is -0.391. The number of fused-ring (bicyclic) bond motifs is 1. The van der Waals surface area contributed by atoms with Crippen molar-refractivity contribution in [1.29, 1.82) is 0 Å². The van der Waals surface area contributed by atoms with Gasteiger partial charge in [0, 0.05) is 17.7 Å². The van der Waals surface area contributed by atoms with Gasteiger partial charge in [0.25, 0.3) is 0 Å². The Morgan fingerprint density at radius 3 is 2.77 bits per heavy atom. The fourth-order valence-electron chi connectivity index (χ4n) is 2.33. The molecule has 0 aromatic heterocycles. The fraction of sp³-hybridized carbons (Fsp3) is 0.278. The van der Waals surface area contributed by atoms with Crippen LogP contribution in [0.2, 0.25) is 0 Å². The summed E-state index contributed by atoms with van der Waals surface area (Å²) in [4.78, 5) is 11.0. The third kappa shape index (κ3) is 4.09. The molecule has 0 spiro atoms. The molecule has 0 aliphatic heterocycles. The van der Waals surface area contributed by atoms with Crippen LogP contribution in [-0.2, 0) is 16.0 Å². The van der Waals surface area contributed by atoms with Gasteiger partial charge in [0.15, 0.2) is 0 Å². The molecular weight excluding hydrogens is 278 g/mol. The predicted molar refractivity (Wildman–Crippen MR) is 88.0 cm³/mol. The largest absolute Gasteiger partial charge is 0.489 e. The number of hydrogen-bond donors (Lipinski definition) is 1. The van der Waals surface area contributed by atoms with Crippen molar-refractivity contribution < 1.29 is 14.3 Å². The van der Waals surface area contributed by atoms with Crippen molar-refractivity contribution in [1.82, 2.24) is 0 Å². The van der Waals surface area contributed by atoms with E-state index in [1.165, 1.54) is 13.2 Å². The number of rotatable bonds is 6. The van der Waals surface area contributed by atoms with E-state index in [9.17, 15) is 4.79 Å². The van der Waals surface area contributed by atoms with Gasteiger partial charge in [-0.15, -0.1) is 0 Å². The lowest BCUT2D eigenvalue weighted by atomic mass is 9.98. The number of ether oxygens (including phenoxy) is 2. The SMILES string of the molecule is COC(=O)/C=C/COc1ccc2ccccc2c1CC(C)N. The van der Waals surface area contributed by atoms with Crippen LogP contribution < -0.4 is 10.5 Å². The van der Waals surface area contributed by atoms with Crippen molar-refractivity contribution in [2.75, 3.05) is 13.7 Å². The predicted octanol–water partition coefficient (Wildman–Crippen LogP) is 2.84. The molecule has 0 aliphatic carbocycles. The van der Waals surface area contributed by atoms with Crippen LogP contribution in [0.3, 0.4) is 0 Å². The summed E-state index contributed by atoms with van der Waals surface area (Å²) >= 11 is 0. The van der Waals surface area contributed by atoms with E-state index >= 15 is 0 Å². The number of esters is 1. The van der Waals surface area contributed by atoms with Gasteiger partial charge in [-0.3, -0.25) is 0 Å². The Balaban J connectivity index is 2.24. The lowest BCUT2D eigenvalue weighted by Crippen LogP contribution is -2.18. The Bertz CT molecular complexity index is 677. The first kappa shape index (κ1) is 16.0. The van der Waals surface area contributed by atoms with Crippen molar-refractivity contribution in [2.24, 2.45) is 5.73 Å². The number of methoxy groups -OCH3 is 1. The molecule has 0 saturated heterocycles. The van der Waals surface area contributed by atoms with Gasteiger partial charge < -0.3 is 15.2 Å². The molecule has 0 bridgehead atoms. The number of hydrogen-bond acceptors (Lipinski definition) is 4. The number of carbonyl (C=O) groups is 1. The van der Waals surface area contributed by atoms with Gasteiger partial charge in [0.2, 0.25) is 0 Å². The highest BCUT2D eigenvalue weighted by Crippen LogP contribution is 2.29. The summed E-state index contributed by atoms with van der Waals surface area (Å²) in [6, 6.07) is 12.2. The molecule has 0 aliphatic rings. The number of carbonyl (C=O) groups excluding carboxylic acids is 1. The molecule has 2 aromatic carbocycles. The molecule has 0 heterocycles. The van der Waals surface area contributed by atoms with E-state index in [0.29, 0.717) is 6.61 Å². The lowest BCUT2D eigenvalue weighted by Gasteiger charge is -2.15. The third-order valence-corrected chi connectivity index (χ3v) is 3.31. The number of benzene rings is 2. The summed E-state index contributed by atoms with van der Waals surface area (Å²) in [6.07, 6.45) is 3.72. The molecule has 116 valence electrons. The quantitative estimate of drug-likeness (QED) is 0.658. The van der Waals surface area contributed by atoms with Crippen LogP contribution in [0.5, 0.6) is 5.75 Å². The van der Waals surface area contributed by atoms with Gasteiger partial charge in [-0.1, -0.05) is 30.3 Å². The van der Waals surface area contributed by atoms with E-state index < -0.39 is 5.97 Å². The fourth-order valence-corrected chi connectivity index (χ4v) is 2.33. The maximum absolute atomic E-state index is 11.0. The molecular formula is C18H21NO3. The summed E-state index contributed by atoms with van der Waals surface area (Å²) < 4.78 is 10.3. The normalized spacial score (nSPS) is 12.5. The van der Waals surface area contributed by atoms with Crippen LogP contribution in [0.15, 0.2) is 48.6 Å². The Morgan fingerprint density at radius 1 is 1.27 bits per heavy atom. The Morgan fingerprint density at radius 2 is 2.05 bits per heavy atom. The van der Waals surface area contributed by atoms with Crippen molar-refractivity contribution in [3.8, 4) is 5.75 Å². The Kier molecular flexibility index (Phi) is 5.55. The van der Waals surface area contributed by atoms with Crippen LogP contribution in [-0.4, -0.2) is 25.7 Å². The molecule has 2 aromatic rings. The van der Waals surface area contributed by atoms with Crippen LogP contribution in [0.1, 0.15) is 12.5 Å². The topological polar surface area (TPSA) is 61.5 Å². The molecule has 4 nitrogen and oxygen atoms in total. The van der Waals surface area contributed by atoms with Gasteiger partial charge in [0.1, 0.15) is 12.4 Å². The molecule has 2 rings (SSSR count). The molecule has 0 saturated carbocycles. The smallest absolute Gasteiger partial charge is 0.330 e. The molecule has 22 heavy (non-hydrogen) atoms. The van der Waals surface area contributed by atoms with E-state index in [-0.39, 0.29) is 6.04 Å². The molecule has 4 heteroatoms. The zero-order valence-electron chi connectivity index (χ0n) is 12.9. The van der Waals surface area contributed by atoms with E-state index in [1.54, 1.807) is 6.08 Å².